The Bertz CT molecular complexity index is 281. The number of nitrogens with zero attached hydrogens (tertiary/aromatic N) is 1. The van der Waals surface area contributed by atoms with Crippen molar-refractivity contribution in [2.45, 2.75) is 40.7 Å². The Hall–Kier alpha value is -0.410. The second kappa shape index (κ2) is 6.23. The van der Waals surface area contributed by atoms with Crippen molar-refractivity contribution in [3.63, 3.8) is 0 Å². The van der Waals surface area contributed by atoms with Crippen LogP contribution in [0.25, 0.3) is 0 Å². The quantitative estimate of drug-likeness (QED) is 0.806. The number of hydrogen-bond donors (Lipinski definition) is 1. The van der Waals surface area contributed by atoms with Crippen LogP contribution in [-0.2, 0) is 13.0 Å². The Morgan fingerprint density at radius 2 is 2.13 bits per heavy atom. The van der Waals surface area contributed by atoms with E-state index in [4.69, 9.17) is 0 Å². The summed E-state index contributed by atoms with van der Waals surface area (Å²) in [6, 6.07) is 0. The Morgan fingerprint density at radius 1 is 1.40 bits per heavy atom. The van der Waals surface area contributed by atoms with E-state index < -0.39 is 0 Å². The fourth-order valence-electron chi connectivity index (χ4n) is 1.26. The molecule has 1 atom stereocenters. The first-order valence-corrected chi connectivity index (χ1v) is 6.65. The third-order valence-corrected chi connectivity index (χ3v) is 3.85. The molecule has 0 aliphatic heterocycles. The first-order valence-electron chi connectivity index (χ1n) is 5.77. The van der Waals surface area contributed by atoms with E-state index in [-0.39, 0.29) is 0 Å². The van der Waals surface area contributed by atoms with Crippen molar-refractivity contribution in [2.24, 2.45) is 11.8 Å². The molecule has 1 N–H and O–H groups in total. The van der Waals surface area contributed by atoms with Crippen LogP contribution in [0, 0.1) is 11.8 Å². The summed E-state index contributed by atoms with van der Waals surface area (Å²) < 4.78 is 0. The van der Waals surface area contributed by atoms with Crippen LogP contribution in [0.2, 0.25) is 0 Å². The number of thiazole rings is 1. The van der Waals surface area contributed by atoms with Crippen LogP contribution >= 0.6 is 11.3 Å². The van der Waals surface area contributed by atoms with Gasteiger partial charge in [0, 0.05) is 11.9 Å². The molecular formula is C12H22N2S. The van der Waals surface area contributed by atoms with Crippen LogP contribution in [0.1, 0.15) is 38.4 Å². The van der Waals surface area contributed by atoms with Gasteiger partial charge in [-0.05, 0) is 24.8 Å². The summed E-state index contributed by atoms with van der Waals surface area (Å²) in [6.07, 6.45) is 1.05. The summed E-state index contributed by atoms with van der Waals surface area (Å²) in [5.74, 6) is 1.48. The van der Waals surface area contributed by atoms with Crippen molar-refractivity contribution in [3.8, 4) is 0 Å². The molecule has 0 amide bonds. The maximum Gasteiger partial charge on any atom is 0.0926 e. The zero-order chi connectivity index (χ0) is 11.3. The molecule has 86 valence electrons. The molecule has 15 heavy (non-hydrogen) atoms. The number of hydrogen-bond acceptors (Lipinski definition) is 3. The highest BCUT2D eigenvalue weighted by molar-refractivity contribution is 7.09. The lowest BCUT2D eigenvalue weighted by molar-refractivity contribution is 0.392. The third-order valence-electron chi connectivity index (χ3n) is 2.81. The molecule has 1 heterocycles. The van der Waals surface area contributed by atoms with Crippen LogP contribution in [-0.4, -0.2) is 11.5 Å². The molecule has 0 saturated carbocycles. The molecular weight excluding hydrogens is 204 g/mol. The van der Waals surface area contributed by atoms with Crippen LogP contribution in [0.5, 0.6) is 0 Å². The monoisotopic (exact) mass is 226 g/mol. The molecule has 0 saturated heterocycles. The first-order chi connectivity index (χ1) is 7.13. The molecule has 1 unspecified atom stereocenters. The van der Waals surface area contributed by atoms with Crippen molar-refractivity contribution < 1.29 is 0 Å². The zero-order valence-corrected chi connectivity index (χ0v) is 11.0. The smallest absolute Gasteiger partial charge is 0.0926 e. The average Bonchev–Trinajstić information content (AvgIpc) is 2.65. The molecule has 1 aromatic rings. The van der Waals surface area contributed by atoms with Gasteiger partial charge in [-0.3, -0.25) is 0 Å². The van der Waals surface area contributed by atoms with Gasteiger partial charge in [-0.15, -0.1) is 11.3 Å². The fourth-order valence-corrected chi connectivity index (χ4v) is 2.00. The van der Waals surface area contributed by atoms with Crippen molar-refractivity contribution in [3.05, 3.63) is 16.1 Å². The molecule has 1 rings (SSSR count). The molecule has 0 bridgehead atoms. The van der Waals surface area contributed by atoms with Gasteiger partial charge in [0.15, 0.2) is 0 Å². The molecule has 1 aromatic heterocycles. The highest BCUT2D eigenvalue weighted by Crippen LogP contribution is 2.11. The number of aromatic nitrogens is 1. The summed E-state index contributed by atoms with van der Waals surface area (Å²) in [5.41, 5.74) is 1.19. The maximum absolute atomic E-state index is 4.53. The highest BCUT2D eigenvalue weighted by Gasteiger charge is 2.06. The van der Waals surface area contributed by atoms with Gasteiger partial charge in [0.05, 0.1) is 10.7 Å². The maximum atomic E-state index is 4.53. The minimum absolute atomic E-state index is 0.731. The van der Waals surface area contributed by atoms with Gasteiger partial charge in [0.2, 0.25) is 0 Å². The van der Waals surface area contributed by atoms with Gasteiger partial charge in [-0.25, -0.2) is 4.98 Å². The van der Waals surface area contributed by atoms with Gasteiger partial charge in [0.25, 0.3) is 0 Å². The van der Waals surface area contributed by atoms with E-state index in [9.17, 15) is 0 Å². The Kier molecular flexibility index (Phi) is 5.26. The van der Waals surface area contributed by atoms with E-state index in [1.807, 2.05) is 0 Å². The average molecular weight is 226 g/mol. The molecule has 0 spiro atoms. The van der Waals surface area contributed by atoms with Gasteiger partial charge < -0.3 is 5.32 Å². The molecule has 3 heteroatoms. The second-order valence-corrected chi connectivity index (χ2v) is 5.38. The summed E-state index contributed by atoms with van der Waals surface area (Å²) in [6.45, 7) is 11.0. The van der Waals surface area contributed by atoms with Crippen LogP contribution in [0.15, 0.2) is 5.38 Å². The summed E-state index contributed by atoms with van der Waals surface area (Å²) in [4.78, 5) is 4.53. The minimum atomic E-state index is 0.731. The van der Waals surface area contributed by atoms with E-state index in [2.05, 4.69) is 43.4 Å². The van der Waals surface area contributed by atoms with Crippen LogP contribution in [0.4, 0.5) is 0 Å². The summed E-state index contributed by atoms with van der Waals surface area (Å²) in [5, 5.41) is 6.86. The third kappa shape index (κ3) is 4.31. The van der Waals surface area contributed by atoms with Gasteiger partial charge in [-0.2, -0.15) is 0 Å². The van der Waals surface area contributed by atoms with Crippen molar-refractivity contribution in [1.82, 2.24) is 10.3 Å². The van der Waals surface area contributed by atoms with Gasteiger partial charge in [-0.1, -0.05) is 27.7 Å². The second-order valence-electron chi connectivity index (χ2n) is 4.44. The lowest BCUT2D eigenvalue weighted by atomic mass is 9.98. The molecule has 0 aliphatic rings. The largest absolute Gasteiger partial charge is 0.311 e. The molecule has 0 aromatic carbocycles. The lowest BCUT2D eigenvalue weighted by Gasteiger charge is -2.15. The lowest BCUT2D eigenvalue weighted by Crippen LogP contribution is -2.23. The van der Waals surface area contributed by atoms with Crippen molar-refractivity contribution in [1.29, 1.82) is 0 Å². The van der Waals surface area contributed by atoms with E-state index in [0.29, 0.717) is 0 Å². The van der Waals surface area contributed by atoms with Crippen LogP contribution < -0.4 is 5.32 Å². The molecule has 0 radical (unpaired) electrons. The topological polar surface area (TPSA) is 24.9 Å². The number of aryl methyl sites for hydroxylation is 1. The summed E-state index contributed by atoms with van der Waals surface area (Å²) >= 11 is 1.76. The minimum Gasteiger partial charge on any atom is -0.311 e. The van der Waals surface area contributed by atoms with E-state index in [1.54, 1.807) is 11.3 Å². The number of nitrogens with one attached hydrogen (secondary N) is 1. The SMILES string of the molecule is CCc1nc(CNCC(C)C(C)C)cs1. The van der Waals surface area contributed by atoms with E-state index in [1.165, 1.54) is 10.7 Å². The van der Waals surface area contributed by atoms with Crippen LogP contribution in [0.3, 0.4) is 0 Å². The van der Waals surface area contributed by atoms with Crippen molar-refractivity contribution in [2.75, 3.05) is 6.54 Å². The predicted molar refractivity (Wildman–Crippen MR) is 67.2 cm³/mol. The molecule has 2 nitrogen and oxygen atoms in total. The Balaban J connectivity index is 2.25. The first kappa shape index (κ1) is 12.7. The normalized spacial score (nSPS) is 13.4. The van der Waals surface area contributed by atoms with E-state index >= 15 is 0 Å². The van der Waals surface area contributed by atoms with E-state index in [0.717, 1.165) is 31.3 Å². The standard InChI is InChI=1S/C12H22N2S/c1-5-12-14-11(8-15-12)7-13-6-10(4)9(2)3/h8-10,13H,5-7H2,1-4H3. The number of rotatable bonds is 6. The Morgan fingerprint density at radius 3 is 2.67 bits per heavy atom. The summed E-state index contributed by atoms with van der Waals surface area (Å²) in [7, 11) is 0. The van der Waals surface area contributed by atoms with Gasteiger partial charge >= 0.3 is 0 Å². The molecule has 0 aliphatic carbocycles. The zero-order valence-electron chi connectivity index (χ0n) is 10.2. The fraction of sp³-hybridized carbons (Fsp3) is 0.750. The van der Waals surface area contributed by atoms with Gasteiger partial charge in [0.1, 0.15) is 0 Å². The highest BCUT2D eigenvalue weighted by atomic mass is 32.1. The predicted octanol–water partition coefficient (Wildman–Crippen LogP) is 3.09. The molecule has 0 fully saturated rings. The Labute approximate surface area is 97.1 Å². The van der Waals surface area contributed by atoms with Crippen molar-refractivity contribution >= 4 is 11.3 Å².